The lowest BCUT2D eigenvalue weighted by Crippen LogP contribution is -2.07. The highest BCUT2D eigenvalue weighted by atomic mass is 19.4. The van der Waals surface area contributed by atoms with Crippen LogP contribution in [0.2, 0.25) is 0 Å². The minimum atomic E-state index is -4.33. The van der Waals surface area contributed by atoms with Crippen LogP contribution in [0, 0.1) is 6.92 Å². The summed E-state index contributed by atoms with van der Waals surface area (Å²) in [5.74, 6) is 0.682. The van der Waals surface area contributed by atoms with E-state index in [1.165, 1.54) is 6.07 Å². The molecule has 0 aliphatic rings. The molecule has 130 valence electrons. The third kappa shape index (κ3) is 3.78. The standard InChI is InChI=1S/C17H16F3N5/c1-11-5-14(17(18,19)20)4-3-12(11)8-22-15-6-13(7-21-9-15)16-24-23-10-25(16)2/h3-7,9-10,22H,8H2,1-2H3. The lowest BCUT2D eigenvalue weighted by Gasteiger charge is -2.12. The van der Waals surface area contributed by atoms with Crippen LogP contribution in [0.15, 0.2) is 43.0 Å². The third-order valence-electron chi connectivity index (χ3n) is 3.86. The summed E-state index contributed by atoms with van der Waals surface area (Å²) < 4.78 is 40.0. The van der Waals surface area contributed by atoms with Gasteiger partial charge in [0.1, 0.15) is 6.33 Å². The van der Waals surface area contributed by atoms with Crippen LogP contribution in [0.1, 0.15) is 16.7 Å². The van der Waals surface area contributed by atoms with Crippen LogP contribution in [0.4, 0.5) is 18.9 Å². The first kappa shape index (κ1) is 16.9. The molecule has 0 spiro atoms. The molecule has 0 aliphatic heterocycles. The summed E-state index contributed by atoms with van der Waals surface area (Å²) in [7, 11) is 1.83. The number of nitrogens with zero attached hydrogens (tertiary/aromatic N) is 4. The number of hydrogen-bond acceptors (Lipinski definition) is 4. The van der Waals surface area contributed by atoms with E-state index < -0.39 is 11.7 Å². The molecule has 0 amide bonds. The largest absolute Gasteiger partial charge is 0.416 e. The Morgan fingerprint density at radius 3 is 2.60 bits per heavy atom. The Balaban J connectivity index is 1.75. The van der Waals surface area contributed by atoms with Gasteiger partial charge in [-0.3, -0.25) is 4.98 Å². The van der Waals surface area contributed by atoms with E-state index in [1.54, 1.807) is 30.2 Å². The van der Waals surface area contributed by atoms with Crippen LogP contribution in [-0.2, 0) is 19.8 Å². The summed E-state index contributed by atoms with van der Waals surface area (Å²) in [6, 6.07) is 5.62. The van der Waals surface area contributed by atoms with E-state index in [2.05, 4.69) is 20.5 Å². The second-order valence-electron chi connectivity index (χ2n) is 5.72. The lowest BCUT2D eigenvalue weighted by atomic mass is 10.0. The molecule has 0 atom stereocenters. The number of aryl methyl sites for hydroxylation is 2. The normalized spacial score (nSPS) is 11.6. The molecule has 0 fully saturated rings. The molecule has 1 N–H and O–H groups in total. The first-order valence-corrected chi connectivity index (χ1v) is 7.54. The highest BCUT2D eigenvalue weighted by Gasteiger charge is 2.30. The Hall–Kier alpha value is -2.90. The molecule has 8 heteroatoms. The molecule has 0 unspecified atom stereocenters. The fourth-order valence-electron chi connectivity index (χ4n) is 2.47. The van der Waals surface area contributed by atoms with Gasteiger partial charge in [0, 0.05) is 31.5 Å². The minimum absolute atomic E-state index is 0.397. The van der Waals surface area contributed by atoms with Gasteiger partial charge in [-0.2, -0.15) is 13.2 Å². The highest BCUT2D eigenvalue weighted by molar-refractivity contribution is 5.60. The van der Waals surface area contributed by atoms with Crippen molar-refractivity contribution >= 4 is 5.69 Å². The predicted octanol–water partition coefficient (Wildman–Crippen LogP) is 3.82. The molecule has 2 heterocycles. The van der Waals surface area contributed by atoms with E-state index in [1.807, 2.05) is 13.1 Å². The molecule has 0 aliphatic carbocycles. The second-order valence-corrected chi connectivity index (χ2v) is 5.72. The number of anilines is 1. The van der Waals surface area contributed by atoms with E-state index in [-0.39, 0.29) is 0 Å². The molecule has 25 heavy (non-hydrogen) atoms. The zero-order valence-corrected chi connectivity index (χ0v) is 13.7. The Morgan fingerprint density at radius 1 is 1.16 bits per heavy atom. The van der Waals surface area contributed by atoms with Gasteiger partial charge >= 0.3 is 6.18 Å². The fraction of sp³-hybridized carbons (Fsp3) is 0.235. The first-order valence-electron chi connectivity index (χ1n) is 7.54. The lowest BCUT2D eigenvalue weighted by molar-refractivity contribution is -0.137. The zero-order valence-electron chi connectivity index (χ0n) is 13.7. The van der Waals surface area contributed by atoms with Crippen molar-refractivity contribution in [1.82, 2.24) is 19.7 Å². The van der Waals surface area contributed by atoms with Gasteiger partial charge in [0.15, 0.2) is 5.82 Å². The number of nitrogens with one attached hydrogen (secondary N) is 1. The van der Waals surface area contributed by atoms with Crippen LogP contribution >= 0.6 is 0 Å². The molecule has 0 bridgehead atoms. The Kier molecular flexibility index (Phi) is 4.43. The van der Waals surface area contributed by atoms with Crippen molar-refractivity contribution in [3.8, 4) is 11.4 Å². The number of rotatable bonds is 4. The molecule has 3 rings (SSSR count). The van der Waals surface area contributed by atoms with Crippen molar-refractivity contribution in [2.45, 2.75) is 19.6 Å². The van der Waals surface area contributed by atoms with Gasteiger partial charge in [-0.15, -0.1) is 10.2 Å². The predicted molar refractivity (Wildman–Crippen MR) is 87.7 cm³/mol. The number of halogens is 3. The number of hydrogen-bond donors (Lipinski definition) is 1. The van der Waals surface area contributed by atoms with E-state index in [0.29, 0.717) is 17.9 Å². The number of aromatic nitrogens is 4. The molecule has 5 nitrogen and oxygen atoms in total. The summed E-state index contributed by atoms with van der Waals surface area (Å²) in [5, 5.41) is 11.0. The summed E-state index contributed by atoms with van der Waals surface area (Å²) in [6.45, 7) is 2.06. The average molecular weight is 347 g/mol. The van der Waals surface area contributed by atoms with Gasteiger partial charge in [-0.05, 0) is 36.2 Å². The van der Waals surface area contributed by atoms with Crippen molar-refractivity contribution in [3.63, 3.8) is 0 Å². The van der Waals surface area contributed by atoms with Crippen LogP contribution < -0.4 is 5.32 Å². The van der Waals surface area contributed by atoms with Crippen molar-refractivity contribution in [2.75, 3.05) is 5.32 Å². The smallest absolute Gasteiger partial charge is 0.380 e. The van der Waals surface area contributed by atoms with Crippen LogP contribution in [0.25, 0.3) is 11.4 Å². The van der Waals surface area contributed by atoms with Crippen molar-refractivity contribution in [2.24, 2.45) is 7.05 Å². The molecule has 0 saturated heterocycles. The maximum absolute atomic E-state index is 12.7. The minimum Gasteiger partial charge on any atom is -0.380 e. The molecule has 0 radical (unpaired) electrons. The molecular formula is C17H16F3N5. The summed E-state index contributed by atoms with van der Waals surface area (Å²) in [4.78, 5) is 4.17. The van der Waals surface area contributed by atoms with Crippen LogP contribution in [0.5, 0.6) is 0 Å². The van der Waals surface area contributed by atoms with Crippen molar-refractivity contribution < 1.29 is 13.2 Å². The van der Waals surface area contributed by atoms with Crippen molar-refractivity contribution in [1.29, 1.82) is 0 Å². The SMILES string of the molecule is Cc1cc(C(F)(F)F)ccc1CNc1cncc(-c2nncn2C)c1. The van der Waals surface area contributed by atoms with Gasteiger partial charge in [0.2, 0.25) is 0 Å². The Morgan fingerprint density at radius 2 is 1.96 bits per heavy atom. The zero-order chi connectivity index (χ0) is 18.0. The quantitative estimate of drug-likeness (QED) is 0.780. The molecule has 3 aromatic rings. The Bertz CT molecular complexity index is 886. The van der Waals surface area contributed by atoms with E-state index in [0.717, 1.165) is 28.9 Å². The molecular weight excluding hydrogens is 331 g/mol. The van der Waals surface area contributed by atoms with Crippen LogP contribution in [-0.4, -0.2) is 19.7 Å². The Labute approximate surface area is 142 Å². The van der Waals surface area contributed by atoms with E-state index >= 15 is 0 Å². The average Bonchev–Trinajstić information content (AvgIpc) is 2.99. The fourth-order valence-corrected chi connectivity index (χ4v) is 2.47. The van der Waals surface area contributed by atoms with Gasteiger partial charge in [0.25, 0.3) is 0 Å². The van der Waals surface area contributed by atoms with Gasteiger partial charge in [0.05, 0.1) is 11.3 Å². The molecule has 0 saturated carbocycles. The highest BCUT2D eigenvalue weighted by Crippen LogP contribution is 2.30. The maximum Gasteiger partial charge on any atom is 0.416 e. The monoisotopic (exact) mass is 347 g/mol. The summed E-state index contributed by atoms with van der Waals surface area (Å²) in [6.07, 6.45) is 0.601. The number of benzene rings is 1. The number of alkyl halides is 3. The maximum atomic E-state index is 12.7. The van der Waals surface area contributed by atoms with E-state index in [9.17, 15) is 13.2 Å². The summed E-state index contributed by atoms with van der Waals surface area (Å²) >= 11 is 0. The summed E-state index contributed by atoms with van der Waals surface area (Å²) in [5.41, 5.74) is 2.28. The van der Waals surface area contributed by atoms with Gasteiger partial charge in [-0.25, -0.2) is 0 Å². The second kappa shape index (κ2) is 6.54. The van der Waals surface area contributed by atoms with E-state index in [4.69, 9.17) is 0 Å². The number of pyridine rings is 1. The van der Waals surface area contributed by atoms with Crippen molar-refractivity contribution in [3.05, 3.63) is 59.7 Å². The van der Waals surface area contributed by atoms with Gasteiger partial charge in [-0.1, -0.05) is 6.07 Å². The third-order valence-corrected chi connectivity index (χ3v) is 3.86. The van der Waals surface area contributed by atoms with Crippen LogP contribution in [0.3, 0.4) is 0 Å². The first-order chi connectivity index (χ1) is 11.8. The molecule has 2 aromatic heterocycles. The van der Waals surface area contributed by atoms with Gasteiger partial charge < -0.3 is 9.88 Å². The topological polar surface area (TPSA) is 55.6 Å². The molecule has 1 aromatic carbocycles.